The van der Waals surface area contributed by atoms with Gasteiger partial charge in [0.15, 0.2) is 12.5 Å². The lowest BCUT2D eigenvalue weighted by molar-refractivity contribution is -0.247. The fourth-order valence-corrected chi connectivity index (χ4v) is 5.92. The summed E-state index contributed by atoms with van der Waals surface area (Å²) in [5, 5.41) is 51.9. The molecule has 0 radical (unpaired) electrons. The van der Waals surface area contributed by atoms with Crippen molar-refractivity contribution in [3.63, 3.8) is 0 Å². The molecule has 1 amide bonds. The maximum atomic E-state index is 12.4. The number of ether oxygens (including phenoxy) is 2. The Hall–Kier alpha value is -1.87. The molecule has 2 saturated heterocycles. The quantitative estimate of drug-likeness (QED) is 0.0885. The lowest BCUT2D eigenvalue weighted by Gasteiger charge is -2.42. The first-order valence-corrected chi connectivity index (χ1v) is 14.0. The van der Waals surface area contributed by atoms with Crippen molar-refractivity contribution in [1.82, 2.24) is 14.9 Å². The van der Waals surface area contributed by atoms with E-state index in [4.69, 9.17) is 9.47 Å². The van der Waals surface area contributed by atoms with Gasteiger partial charge < -0.3 is 50.1 Å². The van der Waals surface area contributed by atoms with Gasteiger partial charge in [-0.15, -0.1) is 0 Å². The van der Waals surface area contributed by atoms with Gasteiger partial charge in [-0.25, -0.2) is 13.9 Å². The number of carbonyl (C=O) groups is 1. The van der Waals surface area contributed by atoms with Crippen LogP contribution >= 0.6 is 15.6 Å². The van der Waals surface area contributed by atoms with Gasteiger partial charge in [-0.3, -0.25) is 28.2 Å². The number of hydrogen-bond acceptors (Lipinski definition) is 15. The number of hydrogen-bond donors (Lipinski definition) is 9. The Bertz CT molecular complexity index is 1240. The van der Waals surface area contributed by atoms with Crippen LogP contribution in [0.25, 0.3) is 0 Å². The Morgan fingerprint density at radius 3 is 2.28 bits per heavy atom. The van der Waals surface area contributed by atoms with E-state index in [1.807, 2.05) is 4.98 Å². The number of aliphatic hydroxyl groups is 5. The van der Waals surface area contributed by atoms with Crippen LogP contribution in [0.15, 0.2) is 21.9 Å². The van der Waals surface area contributed by atoms with E-state index in [2.05, 4.69) is 18.7 Å². The largest absolute Gasteiger partial charge is 0.483 e. The van der Waals surface area contributed by atoms with E-state index in [0.717, 1.165) is 23.8 Å². The molecule has 0 saturated carbocycles. The van der Waals surface area contributed by atoms with Gasteiger partial charge in [-0.1, -0.05) is 0 Å². The molecule has 0 bridgehead atoms. The second-order valence-electron chi connectivity index (χ2n) is 8.42. The van der Waals surface area contributed by atoms with Crippen LogP contribution in [0.1, 0.15) is 13.2 Å². The van der Waals surface area contributed by atoms with Crippen LogP contribution in [-0.4, -0.2) is 113 Å². The van der Waals surface area contributed by atoms with Crippen molar-refractivity contribution in [2.75, 3.05) is 13.2 Å². The molecule has 3 heterocycles. The molecule has 2 aliphatic heterocycles. The van der Waals surface area contributed by atoms with Gasteiger partial charge in [0.2, 0.25) is 5.91 Å². The molecule has 2 fully saturated rings. The van der Waals surface area contributed by atoms with Gasteiger partial charge in [-0.05, 0) is 0 Å². The Morgan fingerprint density at radius 1 is 1.05 bits per heavy atom. The summed E-state index contributed by atoms with van der Waals surface area (Å²) in [6, 6.07) is -0.766. The minimum atomic E-state index is -5.63. The number of rotatable bonds is 10. The highest BCUT2D eigenvalue weighted by molar-refractivity contribution is 7.61. The predicted molar refractivity (Wildman–Crippen MR) is 120 cm³/mol. The van der Waals surface area contributed by atoms with E-state index in [1.54, 1.807) is 0 Å². The molecule has 39 heavy (non-hydrogen) atoms. The lowest BCUT2D eigenvalue weighted by Crippen LogP contribution is -2.64. The summed E-state index contributed by atoms with van der Waals surface area (Å²) in [7, 11) is -11.1. The number of nitrogens with one attached hydrogen (secondary N) is 2. The van der Waals surface area contributed by atoms with E-state index < -0.39 is 101 Å². The molecule has 0 aliphatic carbocycles. The predicted octanol–water partition coefficient (Wildman–Crippen LogP) is -4.65. The minimum Gasteiger partial charge on any atom is -0.394 e. The molecule has 2 aliphatic rings. The third kappa shape index (κ3) is 7.66. The van der Waals surface area contributed by atoms with Crippen LogP contribution in [0.5, 0.6) is 0 Å². The summed E-state index contributed by atoms with van der Waals surface area (Å²) in [6.07, 6.45) is -13.0. The molecule has 2 unspecified atom stereocenters. The first kappa shape index (κ1) is 31.7. The van der Waals surface area contributed by atoms with E-state index in [1.165, 1.54) is 0 Å². The third-order valence-corrected chi connectivity index (χ3v) is 8.16. The fourth-order valence-electron chi connectivity index (χ4n) is 3.76. The monoisotopic (exact) mass is 613 g/mol. The van der Waals surface area contributed by atoms with Crippen LogP contribution in [0.2, 0.25) is 0 Å². The SMILES string of the molecule is CC(=O)N[13C@H]1[13C@@H](OP(=O)(O)OP(=O)(O)OC[C@H]2O[C@@H](n3ccc(=O)[nH]c3=O)[C@H](O)[C@@H]2O)O[13C@H]([13CH2]O)[13C@@H](O)[13C@@H]1O. The number of amides is 1. The number of carbonyl (C=O) groups excluding carboxylic acids is 1. The molecule has 3 rings (SSSR count). The summed E-state index contributed by atoms with van der Waals surface area (Å²) in [4.78, 5) is 56.4. The first-order chi connectivity index (χ1) is 18.0. The second-order valence-corrected chi connectivity index (χ2v) is 11.4. The van der Waals surface area contributed by atoms with Crippen molar-refractivity contribution >= 4 is 21.6 Å². The van der Waals surface area contributed by atoms with E-state index in [-0.39, 0.29) is 0 Å². The van der Waals surface area contributed by atoms with E-state index in [9.17, 15) is 58.8 Å². The van der Waals surface area contributed by atoms with Crippen molar-refractivity contribution in [2.45, 2.75) is 62.1 Å². The summed E-state index contributed by atoms with van der Waals surface area (Å²) in [5.74, 6) is -0.796. The number of aromatic amines is 1. The van der Waals surface area contributed by atoms with Crippen molar-refractivity contribution in [1.29, 1.82) is 0 Å². The molecule has 1 aromatic rings. The summed E-state index contributed by atoms with van der Waals surface area (Å²) < 4.78 is 49.2. The molecule has 11 atom stereocenters. The average Bonchev–Trinajstić information content (AvgIpc) is 3.10. The number of nitrogens with zero attached hydrogens (tertiary/aromatic N) is 1. The van der Waals surface area contributed by atoms with E-state index >= 15 is 0 Å². The molecular formula is C17H27N3O17P2. The zero-order chi connectivity index (χ0) is 29.3. The Morgan fingerprint density at radius 2 is 1.69 bits per heavy atom. The maximum Gasteiger partial charge on any atom is 0.483 e. The normalized spacial score (nSPS) is 36.2. The topological polar surface area (TPSA) is 306 Å². The Kier molecular flexibility index (Phi) is 10.0. The lowest BCUT2D eigenvalue weighted by atomic mass is 10.1. The molecule has 1 aromatic heterocycles. The molecule has 9 N–H and O–H groups in total. The van der Waals surface area contributed by atoms with Crippen LogP contribution in [0.4, 0.5) is 0 Å². The van der Waals surface area contributed by atoms with Crippen LogP contribution in [0.3, 0.4) is 0 Å². The number of H-pyrrole nitrogens is 1. The second kappa shape index (κ2) is 12.3. The van der Waals surface area contributed by atoms with Crippen molar-refractivity contribution in [3.05, 3.63) is 33.1 Å². The molecular weight excluding hydrogens is 586 g/mol. The molecule has 0 aromatic carbocycles. The number of aliphatic hydroxyl groups excluding tert-OH is 5. The molecule has 22 heteroatoms. The number of aromatic nitrogens is 2. The van der Waals surface area contributed by atoms with Crippen LogP contribution < -0.4 is 16.6 Å². The highest BCUT2D eigenvalue weighted by Gasteiger charge is 2.50. The number of phosphoric acid groups is 2. The smallest absolute Gasteiger partial charge is 0.394 e. The Labute approximate surface area is 217 Å². The maximum absolute atomic E-state index is 12.4. The standard InChI is InChI=1S/C17H27N3O17P2/c1-6(22)18-10-13(26)11(24)7(4-21)35-16(10)36-39(31,32)37-38(29,30)33-5-8-12(25)14(27)15(34-8)20-3-2-9(23)19-17(20)28/h2-3,7-8,10-16,21,24-27H,4-5H2,1H3,(H,18,22)(H,29,30)(H,31,32)(H,19,23,28)/t7-,8-,10-,11-,12-,13-,14-,15-,16-/m1/s1/i4+1,7+1,10+1,11+1,13+1,16+1. The molecule has 0 spiro atoms. The highest BCUT2D eigenvalue weighted by Crippen LogP contribution is 2.61. The van der Waals surface area contributed by atoms with Gasteiger partial charge in [-0.2, -0.15) is 4.31 Å². The minimum absolute atomic E-state index is 0.723. The zero-order valence-electron chi connectivity index (χ0n) is 19.8. The van der Waals surface area contributed by atoms with E-state index in [0.29, 0.717) is 0 Å². The molecule has 20 nitrogen and oxygen atoms in total. The zero-order valence-corrected chi connectivity index (χ0v) is 21.6. The summed E-state index contributed by atoms with van der Waals surface area (Å²) in [5.41, 5.74) is -1.75. The van der Waals surface area contributed by atoms with Gasteiger partial charge in [0.1, 0.15) is 42.7 Å². The average molecular weight is 613 g/mol. The van der Waals surface area contributed by atoms with Gasteiger partial charge in [0.05, 0.1) is 13.2 Å². The van der Waals surface area contributed by atoms with Crippen molar-refractivity contribution < 1.29 is 72.1 Å². The van der Waals surface area contributed by atoms with Gasteiger partial charge >= 0.3 is 21.3 Å². The number of phosphoric ester groups is 2. The highest BCUT2D eigenvalue weighted by atomic mass is 31.3. The fraction of sp³-hybridized carbons (Fsp3) is 0.706. The summed E-state index contributed by atoms with van der Waals surface area (Å²) >= 11 is 0. The van der Waals surface area contributed by atoms with Crippen LogP contribution in [-0.2, 0) is 36.8 Å². The van der Waals surface area contributed by atoms with Gasteiger partial charge in [0.25, 0.3) is 5.56 Å². The van der Waals surface area contributed by atoms with Crippen molar-refractivity contribution in [3.8, 4) is 0 Å². The summed E-state index contributed by atoms with van der Waals surface area (Å²) in [6.45, 7) is -0.940. The first-order valence-electron chi connectivity index (χ1n) is 11.0. The third-order valence-electron chi connectivity index (χ3n) is 5.56. The van der Waals surface area contributed by atoms with Crippen LogP contribution in [0, 0.1) is 0 Å². The van der Waals surface area contributed by atoms with Crippen molar-refractivity contribution in [2.24, 2.45) is 0 Å². The Balaban J connectivity index is 1.66. The van der Waals surface area contributed by atoms with Gasteiger partial charge in [0, 0.05) is 19.2 Å². The molecule has 222 valence electrons.